The normalized spacial score (nSPS) is 11.6. The third-order valence-electron chi connectivity index (χ3n) is 7.49. The van der Waals surface area contributed by atoms with Gasteiger partial charge in [-0.2, -0.15) is 0 Å². The van der Waals surface area contributed by atoms with Gasteiger partial charge in [-0.25, -0.2) is 0 Å². The van der Waals surface area contributed by atoms with Crippen LogP contribution in [0.15, 0.2) is 152 Å². The molecule has 1 aliphatic rings. The van der Waals surface area contributed by atoms with Gasteiger partial charge in [0.05, 0.1) is 0 Å². The van der Waals surface area contributed by atoms with Crippen LogP contribution in [0.4, 0.5) is 17.1 Å². The molecule has 1 aliphatic carbocycles. The standard InChI is InChI=1S/C37H27N/c1-4-10-27(11-5-1)29-16-18-31-24-32-19-17-30(26-37(32)36(31)25-29)28-20-22-35(23-21-28)38(33-12-6-2-7-13-33)34-14-8-3-9-15-34/h1-23,25-26H,24H2. The van der Waals surface area contributed by atoms with Crippen molar-refractivity contribution < 1.29 is 0 Å². The zero-order chi connectivity index (χ0) is 25.3. The smallest absolute Gasteiger partial charge is 0.0462 e. The lowest BCUT2D eigenvalue weighted by Gasteiger charge is -2.25. The van der Waals surface area contributed by atoms with Crippen LogP contribution in [0.3, 0.4) is 0 Å². The van der Waals surface area contributed by atoms with E-state index >= 15 is 0 Å². The molecule has 0 unspecified atom stereocenters. The quantitative estimate of drug-likeness (QED) is 0.234. The summed E-state index contributed by atoms with van der Waals surface area (Å²) in [7, 11) is 0. The monoisotopic (exact) mass is 485 g/mol. The van der Waals surface area contributed by atoms with Crippen molar-refractivity contribution in [1.82, 2.24) is 0 Å². The maximum atomic E-state index is 2.37. The minimum Gasteiger partial charge on any atom is -0.311 e. The van der Waals surface area contributed by atoms with Crippen LogP contribution in [0, 0.1) is 0 Å². The molecule has 0 spiro atoms. The van der Waals surface area contributed by atoms with Crippen LogP contribution in [0.2, 0.25) is 0 Å². The Hall–Kier alpha value is -4.88. The first-order chi connectivity index (χ1) is 18.8. The van der Waals surface area contributed by atoms with Gasteiger partial charge in [0.15, 0.2) is 0 Å². The summed E-state index contributed by atoms with van der Waals surface area (Å²) < 4.78 is 0. The highest BCUT2D eigenvalue weighted by molar-refractivity contribution is 5.85. The summed E-state index contributed by atoms with van der Waals surface area (Å²) in [5.74, 6) is 0. The Balaban J connectivity index is 1.24. The maximum Gasteiger partial charge on any atom is 0.0462 e. The van der Waals surface area contributed by atoms with Crippen molar-refractivity contribution in [2.24, 2.45) is 0 Å². The number of rotatable bonds is 5. The molecular formula is C37H27N. The van der Waals surface area contributed by atoms with Crippen molar-refractivity contribution in [3.05, 3.63) is 163 Å². The van der Waals surface area contributed by atoms with E-state index in [9.17, 15) is 0 Å². The third kappa shape index (κ3) is 4.09. The van der Waals surface area contributed by atoms with E-state index in [1.807, 2.05) is 0 Å². The summed E-state index contributed by atoms with van der Waals surface area (Å²) >= 11 is 0. The van der Waals surface area contributed by atoms with Crippen LogP contribution < -0.4 is 4.90 Å². The molecule has 0 atom stereocenters. The molecule has 6 aromatic carbocycles. The molecular weight excluding hydrogens is 458 g/mol. The largest absolute Gasteiger partial charge is 0.311 e. The zero-order valence-corrected chi connectivity index (χ0v) is 21.1. The Labute approximate surface area is 224 Å². The van der Waals surface area contributed by atoms with Gasteiger partial charge in [0.1, 0.15) is 0 Å². The average molecular weight is 486 g/mol. The molecule has 1 nitrogen and oxygen atoms in total. The van der Waals surface area contributed by atoms with Gasteiger partial charge < -0.3 is 4.90 Å². The fourth-order valence-corrected chi connectivity index (χ4v) is 5.56. The van der Waals surface area contributed by atoms with Crippen molar-refractivity contribution in [2.45, 2.75) is 6.42 Å². The summed E-state index contributed by atoms with van der Waals surface area (Å²) in [4.78, 5) is 2.30. The molecule has 0 bridgehead atoms. The first-order valence-electron chi connectivity index (χ1n) is 13.2. The van der Waals surface area contributed by atoms with Gasteiger partial charge in [-0.15, -0.1) is 0 Å². The Bertz CT molecular complexity index is 1660. The van der Waals surface area contributed by atoms with E-state index in [1.165, 1.54) is 44.5 Å². The molecule has 0 heterocycles. The maximum absolute atomic E-state index is 2.37. The predicted octanol–water partition coefficient (Wildman–Crippen LogP) is 10.1. The second-order valence-corrected chi connectivity index (χ2v) is 9.84. The SMILES string of the molecule is c1ccc(-c2ccc3c(c2)-c2cc(-c4ccc(N(c5ccccc5)c5ccccc5)cc4)ccc2C3)cc1. The van der Waals surface area contributed by atoms with Crippen molar-refractivity contribution >= 4 is 17.1 Å². The van der Waals surface area contributed by atoms with Gasteiger partial charge in [-0.3, -0.25) is 0 Å². The molecule has 7 rings (SSSR count). The molecule has 0 saturated heterocycles. The summed E-state index contributed by atoms with van der Waals surface area (Å²) in [6.45, 7) is 0. The molecule has 0 aliphatic heterocycles. The average Bonchev–Trinajstić information content (AvgIpc) is 3.36. The molecule has 180 valence electrons. The first kappa shape index (κ1) is 22.3. The van der Waals surface area contributed by atoms with Gasteiger partial charge in [-0.1, -0.05) is 103 Å². The van der Waals surface area contributed by atoms with E-state index in [-0.39, 0.29) is 0 Å². The Morgan fingerprint density at radius 2 is 0.737 bits per heavy atom. The summed E-state index contributed by atoms with van der Waals surface area (Å²) in [6, 6.07) is 54.5. The number of anilines is 3. The van der Waals surface area contributed by atoms with E-state index in [0.717, 1.165) is 23.5 Å². The lowest BCUT2D eigenvalue weighted by Crippen LogP contribution is -2.09. The van der Waals surface area contributed by atoms with Crippen molar-refractivity contribution in [3.63, 3.8) is 0 Å². The van der Waals surface area contributed by atoms with E-state index in [4.69, 9.17) is 0 Å². The second kappa shape index (κ2) is 9.53. The highest BCUT2D eigenvalue weighted by Gasteiger charge is 2.20. The van der Waals surface area contributed by atoms with Gasteiger partial charge in [0, 0.05) is 17.1 Å². The fraction of sp³-hybridized carbons (Fsp3) is 0.0270. The molecule has 0 amide bonds. The molecule has 0 radical (unpaired) electrons. The Morgan fingerprint density at radius 1 is 0.342 bits per heavy atom. The van der Waals surface area contributed by atoms with Crippen LogP contribution in [0.5, 0.6) is 0 Å². The van der Waals surface area contributed by atoms with E-state index in [1.54, 1.807) is 0 Å². The minimum absolute atomic E-state index is 1.00. The predicted molar refractivity (Wildman–Crippen MR) is 160 cm³/mol. The molecule has 38 heavy (non-hydrogen) atoms. The van der Waals surface area contributed by atoms with Gasteiger partial charge in [0.25, 0.3) is 0 Å². The van der Waals surface area contributed by atoms with Crippen molar-refractivity contribution in [1.29, 1.82) is 0 Å². The van der Waals surface area contributed by atoms with Crippen molar-refractivity contribution in [2.75, 3.05) is 4.90 Å². The highest BCUT2D eigenvalue weighted by Crippen LogP contribution is 2.41. The van der Waals surface area contributed by atoms with Gasteiger partial charge in [-0.05, 0) is 99.5 Å². The van der Waals surface area contributed by atoms with E-state index in [2.05, 4.69) is 157 Å². The second-order valence-electron chi connectivity index (χ2n) is 9.84. The molecule has 6 aromatic rings. The van der Waals surface area contributed by atoms with E-state index in [0.29, 0.717) is 0 Å². The lowest BCUT2D eigenvalue weighted by atomic mass is 9.96. The minimum atomic E-state index is 1.00. The third-order valence-corrected chi connectivity index (χ3v) is 7.49. The number of hydrogen-bond donors (Lipinski definition) is 0. The van der Waals surface area contributed by atoms with Crippen LogP contribution in [0.1, 0.15) is 11.1 Å². The molecule has 0 saturated carbocycles. The number of fused-ring (bicyclic) bond motifs is 3. The number of para-hydroxylation sites is 2. The summed E-state index contributed by atoms with van der Waals surface area (Å²) in [5.41, 5.74) is 14.0. The number of benzene rings is 6. The molecule has 0 N–H and O–H groups in total. The molecule has 0 fully saturated rings. The van der Waals surface area contributed by atoms with Gasteiger partial charge >= 0.3 is 0 Å². The number of hydrogen-bond acceptors (Lipinski definition) is 1. The van der Waals surface area contributed by atoms with Crippen LogP contribution >= 0.6 is 0 Å². The first-order valence-corrected chi connectivity index (χ1v) is 13.2. The van der Waals surface area contributed by atoms with Crippen molar-refractivity contribution in [3.8, 4) is 33.4 Å². The number of nitrogens with zero attached hydrogens (tertiary/aromatic N) is 1. The summed E-state index contributed by atoms with van der Waals surface area (Å²) in [5, 5.41) is 0. The van der Waals surface area contributed by atoms with Crippen LogP contribution in [-0.4, -0.2) is 0 Å². The van der Waals surface area contributed by atoms with Gasteiger partial charge in [0.2, 0.25) is 0 Å². The molecule has 0 aromatic heterocycles. The fourth-order valence-electron chi connectivity index (χ4n) is 5.56. The highest BCUT2D eigenvalue weighted by atomic mass is 15.1. The van der Waals surface area contributed by atoms with E-state index < -0.39 is 0 Å². The van der Waals surface area contributed by atoms with Crippen LogP contribution in [-0.2, 0) is 6.42 Å². The lowest BCUT2D eigenvalue weighted by molar-refractivity contribution is 1.26. The molecule has 1 heteroatoms. The zero-order valence-electron chi connectivity index (χ0n) is 21.1. The summed E-state index contributed by atoms with van der Waals surface area (Å²) in [6.07, 6.45) is 1.00. The Kier molecular flexibility index (Phi) is 5.60. The topological polar surface area (TPSA) is 3.24 Å². The Morgan fingerprint density at radius 3 is 1.24 bits per heavy atom. The van der Waals surface area contributed by atoms with Crippen LogP contribution in [0.25, 0.3) is 33.4 Å².